The van der Waals surface area contributed by atoms with E-state index in [2.05, 4.69) is 25.6 Å². The average Bonchev–Trinajstić information content (AvgIpc) is 2.95. The van der Waals surface area contributed by atoms with Crippen LogP contribution >= 0.6 is 23.2 Å². The van der Waals surface area contributed by atoms with Gasteiger partial charge in [0.2, 0.25) is 5.78 Å². The third-order valence-corrected chi connectivity index (χ3v) is 7.31. The molecule has 1 aromatic carbocycles. The number of hydrogen-bond acceptors (Lipinski definition) is 10. The number of carbonyl (C=O) groups excluding carboxylic acids is 2. The molecule has 1 fully saturated rings. The van der Waals surface area contributed by atoms with Gasteiger partial charge in [-0.3, -0.25) is 4.79 Å². The third kappa shape index (κ3) is 7.99. The van der Waals surface area contributed by atoms with Gasteiger partial charge in [0.1, 0.15) is 28.7 Å². The van der Waals surface area contributed by atoms with Crippen molar-refractivity contribution in [3.63, 3.8) is 0 Å². The summed E-state index contributed by atoms with van der Waals surface area (Å²) in [6, 6.07) is 9.03. The minimum atomic E-state index is -1.09. The Hall–Kier alpha value is -3.67. The highest BCUT2D eigenvalue weighted by molar-refractivity contribution is 6.38. The van der Waals surface area contributed by atoms with E-state index in [0.29, 0.717) is 44.1 Å². The monoisotopic (exact) mass is 616 g/mol. The molecule has 0 spiro atoms. The van der Waals surface area contributed by atoms with Crippen LogP contribution in [0.2, 0.25) is 10.2 Å². The second-order valence-electron chi connectivity index (χ2n) is 11.0. The SMILES string of the molecule is COc1ccc(CNc2nccc(C(=O)c3ncc(N4CCC(O)(CNC(=O)OC(C)(C)C)CC4)nc3Cl)c2Cl)cc1. The molecule has 0 bridgehead atoms. The zero-order chi connectivity index (χ0) is 30.5. The van der Waals surface area contributed by atoms with Crippen molar-refractivity contribution in [1.29, 1.82) is 0 Å². The summed E-state index contributed by atoms with van der Waals surface area (Å²) in [7, 11) is 1.60. The fourth-order valence-electron chi connectivity index (χ4n) is 4.34. The molecule has 1 amide bonds. The number of nitrogens with zero attached hydrogens (tertiary/aromatic N) is 4. The van der Waals surface area contributed by atoms with Gasteiger partial charge in [0.25, 0.3) is 0 Å². The minimum Gasteiger partial charge on any atom is -0.497 e. The van der Waals surface area contributed by atoms with Crippen molar-refractivity contribution in [3.05, 3.63) is 69.7 Å². The number of piperidine rings is 1. The quantitative estimate of drug-likeness (QED) is 0.285. The molecule has 11 nitrogen and oxygen atoms in total. The molecule has 1 aliphatic rings. The second-order valence-corrected chi connectivity index (χ2v) is 11.7. The number of ether oxygens (including phenoxy) is 2. The van der Waals surface area contributed by atoms with Crippen LogP contribution in [-0.2, 0) is 11.3 Å². The molecule has 0 aliphatic carbocycles. The lowest BCUT2D eigenvalue weighted by molar-refractivity contribution is 0.00791. The number of rotatable bonds is 9. The number of methoxy groups -OCH3 is 1. The van der Waals surface area contributed by atoms with E-state index < -0.39 is 23.1 Å². The maximum absolute atomic E-state index is 13.3. The van der Waals surface area contributed by atoms with E-state index in [9.17, 15) is 14.7 Å². The molecule has 42 heavy (non-hydrogen) atoms. The topological polar surface area (TPSA) is 139 Å². The molecule has 1 saturated heterocycles. The summed E-state index contributed by atoms with van der Waals surface area (Å²) in [4.78, 5) is 40.2. The standard InChI is InChI=1S/C29H34Cl2N6O5/c1-28(2,3)42-27(39)35-17-29(40)10-13-37(14-11-29)21-16-33-23(25(31)36-21)24(38)20-9-12-32-26(22(20)30)34-15-18-5-7-19(41-4)8-6-18/h5-9,12,16,40H,10-11,13-15,17H2,1-4H3,(H,32,34)(H,35,39). The number of aromatic nitrogens is 3. The van der Waals surface area contributed by atoms with Crippen molar-refractivity contribution in [2.75, 3.05) is 37.0 Å². The summed E-state index contributed by atoms with van der Waals surface area (Å²) in [5, 5.41) is 16.8. The third-order valence-electron chi connectivity index (χ3n) is 6.66. The van der Waals surface area contributed by atoms with Gasteiger partial charge in [0, 0.05) is 37.9 Å². The molecule has 4 rings (SSSR count). The highest BCUT2D eigenvalue weighted by atomic mass is 35.5. The number of pyridine rings is 1. The van der Waals surface area contributed by atoms with E-state index in [1.165, 1.54) is 18.5 Å². The first-order valence-corrected chi connectivity index (χ1v) is 14.2. The lowest BCUT2D eigenvalue weighted by atomic mass is 9.91. The first-order chi connectivity index (χ1) is 19.9. The molecule has 1 aliphatic heterocycles. The van der Waals surface area contributed by atoms with Gasteiger partial charge < -0.3 is 30.1 Å². The predicted octanol–water partition coefficient (Wildman–Crippen LogP) is 4.89. The number of ketones is 1. The number of alkyl carbamates (subject to hydrolysis) is 1. The number of amides is 1. The molecule has 0 atom stereocenters. The average molecular weight is 618 g/mol. The zero-order valence-corrected chi connectivity index (χ0v) is 25.4. The molecule has 0 unspecified atom stereocenters. The molecular formula is C29H34Cl2N6O5. The summed E-state index contributed by atoms with van der Waals surface area (Å²) in [5.74, 6) is 1.09. The summed E-state index contributed by atoms with van der Waals surface area (Å²) in [6.07, 6.45) is 3.13. The number of carbonyl (C=O) groups is 2. The maximum atomic E-state index is 13.3. The van der Waals surface area contributed by atoms with Crippen LogP contribution in [0.5, 0.6) is 5.75 Å². The van der Waals surface area contributed by atoms with E-state index in [0.717, 1.165) is 11.3 Å². The fourth-order valence-corrected chi connectivity index (χ4v) is 4.83. The van der Waals surface area contributed by atoms with Crippen molar-refractivity contribution in [2.24, 2.45) is 0 Å². The molecule has 13 heteroatoms. The molecule has 224 valence electrons. The van der Waals surface area contributed by atoms with E-state index in [-0.39, 0.29) is 28.0 Å². The lowest BCUT2D eigenvalue weighted by Crippen LogP contribution is -2.51. The molecule has 3 aromatic rings. The van der Waals surface area contributed by atoms with Gasteiger partial charge in [-0.25, -0.2) is 19.7 Å². The first kappa shape index (κ1) is 31.3. The van der Waals surface area contributed by atoms with Gasteiger partial charge in [0.15, 0.2) is 5.15 Å². The van der Waals surface area contributed by atoms with E-state index >= 15 is 0 Å². The van der Waals surface area contributed by atoms with Gasteiger partial charge in [-0.2, -0.15) is 0 Å². The smallest absolute Gasteiger partial charge is 0.407 e. The minimum absolute atomic E-state index is 0.0373. The number of nitrogens with one attached hydrogen (secondary N) is 2. The largest absolute Gasteiger partial charge is 0.497 e. The number of halogens is 2. The first-order valence-electron chi connectivity index (χ1n) is 13.4. The summed E-state index contributed by atoms with van der Waals surface area (Å²) < 4.78 is 10.4. The van der Waals surface area contributed by atoms with Crippen molar-refractivity contribution >= 4 is 46.7 Å². The Bertz CT molecular complexity index is 1420. The highest BCUT2D eigenvalue weighted by Gasteiger charge is 2.34. The van der Waals surface area contributed by atoms with E-state index in [4.69, 9.17) is 32.7 Å². The summed E-state index contributed by atoms with van der Waals surface area (Å²) in [5.41, 5.74) is -0.581. The van der Waals surface area contributed by atoms with Crippen molar-refractivity contribution in [1.82, 2.24) is 20.3 Å². The summed E-state index contributed by atoms with van der Waals surface area (Å²) in [6.45, 7) is 6.72. The fraction of sp³-hybridized carbons (Fsp3) is 0.414. The van der Waals surface area contributed by atoms with E-state index in [1.807, 2.05) is 29.2 Å². The Morgan fingerprint density at radius 1 is 1.10 bits per heavy atom. The van der Waals surface area contributed by atoms with Crippen LogP contribution in [0, 0.1) is 0 Å². The molecule has 2 aromatic heterocycles. The van der Waals surface area contributed by atoms with Crippen molar-refractivity contribution < 1.29 is 24.2 Å². The number of aliphatic hydroxyl groups is 1. The van der Waals surface area contributed by atoms with E-state index in [1.54, 1.807) is 27.9 Å². The molecule has 0 radical (unpaired) electrons. The van der Waals surface area contributed by atoms with Crippen LogP contribution < -0.4 is 20.3 Å². The maximum Gasteiger partial charge on any atom is 0.407 e. The highest BCUT2D eigenvalue weighted by Crippen LogP contribution is 2.30. The molecular weight excluding hydrogens is 583 g/mol. The van der Waals surface area contributed by atoms with Gasteiger partial charge in [-0.15, -0.1) is 0 Å². The second kappa shape index (κ2) is 13.1. The van der Waals surface area contributed by atoms with Crippen LogP contribution in [0.25, 0.3) is 0 Å². The molecule has 3 heterocycles. The zero-order valence-electron chi connectivity index (χ0n) is 23.9. The normalized spacial score (nSPS) is 14.7. The van der Waals surface area contributed by atoms with Crippen LogP contribution in [-0.4, -0.2) is 69.9 Å². The van der Waals surface area contributed by atoms with Gasteiger partial charge >= 0.3 is 6.09 Å². The Kier molecular flexibility index (Phi) is 9.75. The Morgan fingerprint density at radius 3 is 2.40 bits per heavy atom. The number of anilines is 2. The Balaban J connectivity index is 1.38. The predicted molar refractivity (Wildman–Crippen MR) is 161 cm³/mol. The Morgan fingerprint density at radius 2 is 1.79 bits per heavy atom. The van der Waals surface area contributed by atoms with Crippen LogP contribution in [0.1, 0.15) is 55.2 Å². The van der Waals surface area contributed by atoms with Crippen molar-refractivity contribution in [3.8, 4) is 5.75 Å². The number of benzene rings is 1. The van der Waals surface area contributed by atoms with Crippen LogP contribution in [0.4, 0.5) is 16.4 Å². The van der Waals surface area contributed by atoms with Gasteiger partial charge in [0.05, 0.1) is 23.9 Å². The van der Waals surface area contributed by atoms with Crippen molar-refractivity contribution in [2.45, 2.75) is 51.4 Å². The van der Waals surface area contributed by atoms with Crippen LogP contribution in [0.3, 0.4) is 0 Å². The molecule has 3 N–H and O–H groups in total. The van der Waals surface area contributed by atoms with Gasteiger partial charge in [-0.1, -0.05) is 35.3 Å². The van der Waals surface area contributed by atoms with Gasteiger partial charge in [-0.05, 0) is 57.4 Å². The lowest BCUT2D eigenvalue weighted by Gasteiger charge is -2.38. The molecule has 0 saturated carbocycles. The number of hydrogen-bond donors (Lipinski definition) is 3. The summed E-state index contributed by atoms with van der Waals surface area (Å²) >= 11 is 13.0. The van der Waals surface area contributed by atoms with Crippen LogP contribution in [0.15, 0.2) is 42.7 Å². The Labute approximate surface area is 254 Å².